The summed E-state index contributed by atoms with van der Waals surface area (Å²) in [5, 5.41) is 23.0. The van der Waals surface area contributed by atoms with E-state index in [0.29, 0.717) is 6.42 Å². The number of rotatable bonds is 8. The molecule has 0 bridgehead atoms. The van der Waals surface area contributed by atoms with Gasteiger partial charge in [0.1, 0.15) is 0 Å². The van der Waals surface area contributed by atoms with Gasteiger partial charge in [0.05, 0.1) is 5.92 Å². The Morgan fingerprint density at radius 1 is 1.38 bits per heavy atom. The monoisotopic (exact) mass is 453 g/mol. The van der Waals surface area contributed by atoms with Crippen LogP contribution in [0.15, 0.2) is 0 Å². The van der Waals surface area contributed by atoms with Gasteiger partial charge in [-0.05, 0) is 12.3 Å². The highest BCUT2D eigenvalue weighted by Gasteiger charge is 2.51. The molecule has 7 N–H and O–H groups in total. The van der Waals surface area contributed by atoms with E-state index < -0.39 is 11.9 Å². The van der Waals surface area contributed by atoms with Crippen LogP contribution in [0.2, 0.25) is 0 Å². The molecule has 0 aliphatic heterocycles. The zero-order valence-electron chi connectivity index (χ0n) is 14.3. The van der Waals surface area contributed by atoms with Crippen LogP contribution >= 0.6 is 22.9 Å². The van der Waals surface area contributed by atoms with Gasteiger partial charge in [-0.25, -0.2) is 0 Å². The second-order valence-corrected chi connectivity index (χ2v) is 6.98. The molecule has 0 unspecified atom stereocenters. The third-order valence-corrected chi connectivity index (χ3v) is 5.67. The summed E-state index contributed by atoms with van der Waals surface area (Å²) in [6, 6.07) is -0.795. The van der Waals surface area contributed by atoms with E-state index in [1.807, 2.05) is 22.9 Å². The molecule has 24 heavy (non-hydrogen) atoms. The molecule has 138 valence electrons. The van der Waals surface area contributed by atoms with Crippen molar-refractivity contribution in [3.8, 4) is 0 Å². The smallest absolute Gasteiger partial charge is 0.308 e. The Morgan fingerprint density at radius 2 is 1.96 bits per heavy atom. The number of hydrogen-bond donors (Lipinski definition) is 6. The lowest BCUT2D eigenvalue weighted by Crippen LogP contribution is -2.56. The average molecular weight is 453 g/mol. The fraction of sp³-hybridized carbons (Fsp3) is 0.800. The van der Waals surface area contributed by atoms with Crippen LogP contribution < -0.4 is 19.9 Å². The predicted octanol–water partition coefficient (Wildman–Crippen LogP) is 0.808. The van der Waals surface area contributed by atoms with E-state index in [0.717, 1.165) is 12.8 Å². The molecular weight excluding hydrogens is 425 g/mol. The Morgan fingerprint density at radius 3 is 2.33 bits per heavy atom. The van der Waals surface area contributed by atoms with Crippen LogP contribution in [0.1, 0.15) is 40.0 Å². The number of carbonyl (C=O) groups is 2. The summed E-state index contributed by atoms with van der Waals surface area (Å²) < 4.78 is 3.09. The molecule has 0 heterocycles. The van der Waals surface area contributed by atoms with Gasteiger partial charge in [-0.1, -0.05) is 26.7 Å². The van der Waals surface area contributed by atoms with E-state index >= 15 is 0 Å². The number of guanidine groups is 1. The minimum Gasteiger partial charge on any atom is -0.481 e. The zero-order valence-corrected chi connectivity index (χ0v) is 16.5. The van der Waals surface area contributed by atoms with Gasteiger partial charge in [-0.15, -0.1) is 0 Å². The quantitative estimate of drug-likeness (QED) is 0.139. The number of carboxylic acid groups (broad SMARTS) is 1. The first kappa shape index (κ1) is 20.9. The van der Waals surface area contributed by atoms with Crippen LogP contribution in [-0.4, -0.2) is 41.1 Å². The molecule has 1 rings (SSSR count). The molecule has 1 aliphatic carbocycles. The predicted molar refractivity (Wildman–Crippen MR) is 101 cm³/mol. The fourth-order valence-electron chi connectivity index (χ4n) is 3.89. The van der Waals surface area contributed by atoms with E-state index in [1.54, 1.807) is 0 Å². The molecule has 0 radical (unpaired) electrons. The van der Waals surface area contributed by atoms with E-state index in [9.17, 15) is 14.7 Å². The Balaban J connectivity index is 3.25. The SMILES string of the molecule is CCC(CC)[C@@H](NC(C)=O)[C@@H]1[C@H](NI)[C@@H](C(=O)O)C[C@H]1NC(=N)N. The third kappa shape index (κ3) is 4.95. The van der Waals surface area contributed by atoms with Gasteiger partial charge in [0.15, 0.2) is 5.96 Å². The lowest BCUT2D eigenvalue weighted by atomic mass is 9.79. The molecule has 0 saturated heterocycles. The summed E-state index contributed by atoms with van der Waals surface area (Å²) in [6.45, 7) is 5.60. The lowest BCUT2D eigenvalue weighted by molar-refractivity contribution is -0.142. The van der Waals surface area contributed by atoms with Crippen LogP contribution in [0.25, 0.3) is 0 Å². The second-order valence-electron chi connectivity index (χ2n) is 6.36. The summed E-state index contributed by atoms with van der Waals surface area (Å²) in [5.74, 6) is -1.77. The van der Waals surface area contributed by atoms with Gasteiger partial charge in [0.2, 0.25) is 5.91 Å². The van der Waals surface area contributed by atoms with Gasteiger partial charge in [0, 0.05) is 53.8 Å². The van der Waals surface area contributed by atoms with E-state index in [-0.39, 0.29) is 41.8 Å². The molecular formula is C15H28IN5O3. The van der Waals surface area contributed by atoms with Crippen LogP contribution in [-0.2, 0) is 9.59 Å². The first-order valence-corrected chi connectivity index (χ1v) is 9.31. The molecule has 1 amide bonds. The maximum absolute atomic E-state index is 11.7. The maximum Gasteiger partial charge on any atom is 0.308 e. The van der Waals surface area contributed by atoms with Crippen molar-refractivity contribution >= 4 is 40.7 Å². The lowest BCUT2D eigenvalue weighted by Gasteiger charge is -2.37. The Labute approximate surface area is 156 Å². The Hall–Kier alpha value is -1.10. The summed E-state index contributed by atoms with van der Waals surface area (Å²) in [6.07, 6.45) is 2.10. The first-order chi connectivity index (χ1) is 11.3. The molecule has 1 aliphatic rings. The Kier molecular flexibility index (Phi) is 8.20. The van der Waals surface area contributed by atoms with Crippen molar-refractivity contribution in [2.45, 2.75) is 58.2 Å². The standard InChI is InChI=1S/C15H28IN5O3/c1-4-8(5-2)12(19-7(3)22)11-10(20-15(17)18)6-9(14(23)24)13(11)21-16/h8-13,21H,4-6H2,1-3H3,(H,19,22)(H,23,24)(H4,17,18,20)/t9-,10+,11+,12+,13+/m0/s1. The molecule has 0 spiro atoms. The highest BCUT2D eigenvalue weighted by Crippen LogP contribution is 2.38. The minimum atomic E-state index is -0.881. The van der Waals surface area contributed by atoms with Gasteiger partial charge in [-0.2, -0.15) is 0 Å². The van der Waals surface area contributed by atoms with Gasteiger partial charge in [0.25, 0.3) is 0 Å². The molecule has 1 saturated carbocycles. The van der Waals surface area contributed by atoms with Crippen LogP contribution in [0.4, 0.5) is 0 Å². The maximum atomic E-state index is 11.7. The van der Waals surface area contributed by atoms with Crippen molar-refractivity contribution in [1.82, 2.24) is 14.2 Å². The highest BCUT2D eigenvalue weighted by atomic mass is 127. The van der Waals surface area contributed by atoms with Gasteiger partial charge < -0.3 is 21.5 Å². The van der Waals surface area contributed by atoms with E-state index in [1.165, 1.54) is 6.92 Å². The molecule has 0 aromatic rings. The van der Waals surface area contributed by atoms with Crippen molar-refractivity contribution in [1.29, 1.82) is 5.41 Å². The average Bonchev–Trinajstić information content (AvgIpc) is 2.84. The third-order valence-electron chi connectivity index (χ3n) is 4.95. The number of carbonyl (C=O) groups excluding carboxylic acids is 1. The summed E-state index contributed by atoms with van der Waals surface area (Å²) in [5.41, 5.74) is 5.50. The summed E-state index contributed by atoms with van der Waals surface area (Å²) in [7, 11) is 0. The van der Waals surface area contributed by atoms with Crippen molar-refractivity contribution in [3.63, 3.8) is 0 Å². The number of halogens is 1. The first-order valence-electron chi connectivity index (χ1n) is 8.23. The summed E-state index contributed by atoms with van der Waals surface area (Å²) >= 11 is 1.97. The second kappa shape index (κ2) is 9.40. The summed E-state index contributed by atoms with van der Waals surface area (Å²) in [4.78, 5) is 23.4. The zero-order chi connectivity index (χ0) is 18.4. The van der Waals surface area contributed by atoms with Crippen molar-refractivity contribution in [2.75, 3.05) is 0 Å². The fourth-order valence-corrected chi connectivity index (χ4v) is 4.74. The minimum absolute atomic E-state index is 0.139. The molecule has 0 aromatic carbocycles. The number of nitrogens with two attached hydrogens (primary N) is 1. The molecule has 0 aromatic heterocycles. The number of carboxylic acids is 1. The van der Waals surface area contributed by atoms with Crippen LogP contribution in [0, 0.1) is 23.2 Å². The molecule has 8 nitrogen and oxygen atoms in total. The van der Waals surface area contributed by atoms with E-state index in [2.05, 4.69) is 28.0 Å². The highest BCUT2D eigenvalue weighted by molar-refractivity contribution is 14.1. The number of amides is 1. The molecule has 5 atom stereocenters. The van der Waals surface area contributed by atoms with Crippen LogP contribution in [0.5, 0.6) is 0 Å². The topological polar surface area (TPSA) is 140 Å². The largest absolute Gasteiger partial charge is 0.481 e. The van der Waals surface area contributed by atoms with Crippen molar-refractivity contribution < 1.29 is 14.7 Å². The van der Waals surface area contributed by atoms with Gasteiger partial charge >= 0.3 is 5.97 Å². The number of aliphatic carboxylic acids is 1. The number of hydrogen-bond acceptors (Lipinski definition) is 4. The molecule has 9 heteroatoms. The van der Waals surface area contributed by atoms with Gasteiger partial charge in [-0.3, -0.25) is 18.5 Å². The normalized spacial score (nSPS) is 27.7. The van der Waals surface area contributed by atoms with E-state index in [4.69, 9.17) is 11.1 Å². The van der Waals surface area contributed by atoms with Crippen molar-refractivity contribution in [2.24, 2.45) is 23.5 Å². The number of nitrogens with one attached hydrogen (secondary N) is 4. The molecule has 1 fully saturated rings. The van der Waals surface area contributed by atoms with Crippen LogP contribution in [0.3, 0.4) is 0 Å². The van der Waals surface area contributed by atoms with Crippen molar-refractivity contribution in [3.05, 3.63) is 0 Å². The Bertz CT molecular complexity index is 472.